The van der Waals surface area contributed by atoms with E-state index in [1.165, 1.54) is 0 Å². The quantitative estimate of drug-likeness (QED) is 0.422. The van der Waals surface area contributed by atoms with Crippen LogP contribution in [0.4, 0.5) is 5.69 Å². The molecule has 0 spiro atoms. The van der Waals surface area contributed by atoms with Crippen LogP contribution >= 0.6 is 28.1 Å². The fourth-order valence-electron chi connectivity index (χ4n) is 3.15. The van der Waals surface area contributed by atoms with Gasteiger partial charge in [0.15, 0.2) is 5.11 Å². The average Bonchev–Trinajstić information content (AvgIpc) is 3.27. The molecule has 6 nitrogen and oxygen atoms in total. The molecule has 0 aliphatic carbocycles. The minimum Gasteiger partial charge on any atom is -0.492 e. The summed E-state index contributed by atoms with van der Waals surface area (Å²) in [6, 6.07) is 12.7. The normalized spacial score (nSPS) is 15.4. The standard InChI is InChI=1S/C24H29BrN2O4S/c1-16(2)11-13-30-21-10-9-17(14-19(21)25)23(28)27-24(32)26-20-7-3-4-8-22(20)31-15-18-6-5-12-29-18/h3-4,7-10,14,16,18H,5-6,11-13,15H2,1-2H3,(H2,26,27,28,32). The van der Waals surface area contributed by atoms with Crippen molar-refractivity contribution >= 4 is 44.9 Å². The second-order valence-corrected chi connectivity index (χ2v) is 9.29. The predicted molar refractivity (Wildman–Crippen MR) is 134 cm³/mol. The minimum atomic E-state index is -0.310. The lowest BCUT2D eigenvalue weighted by atomic mass is 10.1. The topological polar surface area (TPSA) is 68.8 Å². The molecule has 8 heteroatoms. The number of benzene rings is 2. The largest absolute Gasteiger partial charge is 0.492 e. The van der Waals surface area contributed by atoms with E-state index in [4.69, 9.17) is 26.4 Å². The van der Waals surface area contributed by atoms with Gasteiger partial charge in [0.25, 0.3) is 5.91 Å². The summed E-state index contributed by atoms with van der Waals surface area (Å²) in [5.74, 6) is 1.62. The number of para-hydroxylation sites is 2. The first-order valence-electron chi connectivity index (χ1n) is 10.8. The molecule has 1 aliphatic rings. The monoisotopic (exact) mass is 520 g/mol. The van der Waals surface area contributed by atoms with Crippen LogP contribution < -0.4 is 20.1 Å². The van der Waals surface area contributed by atoms with Crippen LogP contribution in [0.3, 0.4) is 0 Å². The Labute approximate surface area is 203 Å². The van der Waals surface area contributed by atoms with Crippen LogP contribution in [-0.4, -0.2) is 36.9 Å². The van der Waals surface area contributed by atoms with E-state index in [-0.39, 0.29) is 17.1 Å². The molecule has 2 aromatic carbocycles. The molecule has 1 heterocycles. The first kappa shape index (κ1) is 24.5. The molecule has 1 amide bonds. The predicted octanol–water partition coefficient (Wildman–Crippen LogP) is 5.56. The van der Waals surface area contributed by atoms with Crippen LogP contribution in [0.25, 0.3) is 0 Å². The Bertz CT molecular complexity index is 932. The highest BCUT2D eigenvalue weighted by molar-refractivity contribution is 9.10. The van der Waals surface area contributed by atoms with E-state index in [2.05, 4.69) is 40.4 Å². The molecule has 1 atom stereocenters. The Morgan fingerprint density at radius 3 is 2.75 bits per heavy atom. The van der Waals surface area contributed by atoms with Gasteiger partial charge in [-0.25, -0.2) is 0 Å². The summed E-state index contributed by atoms with van der Waals surface area (Å²) in [5, 5.41) is 5.95. The van der Waals surface area contributed by atoms with Crippen LogP contribution in [0.15, 0.2) is 46.9 Å². The number of halogens is 1. The van der Waals surface area contributed by atoms with Gasteiger partial charge >= 0.3 is 0 Å². The highest BCUT2D eigenvalue weighted by atomic mass is 79.9. The molecular weight excluding hydrogens is 492 g/mol. The smallest absolute Gasteiger partial charge is 0.257 e. The van der Waals surface area contributed by atoms with Crippen molar-refractivity contribution in [3.05, 3.63) is 52.5 Å². The molecule has 1 fully saturated rings. The summed E-state index contributed by atoms with van der Waals surface area (Å²) in [4.78, 5) is 12.6. The number of rotatable bonds is 9. The maximum Gasteiger partial charge on any atom is 0.257 e. The molecule has 1 unspecified atom stereocenters. The first-order valence-corrected chi connectivity index (χ1v) is 12.0. The lowest BCUT2D eigenvalue weighted by Gasteiger charge is -2.16. The van der Waals surface area contributed by atoms with Crippen LogP contribution in [0.1, 0.15) is 43.5 Å². The summed E-state index contributed by atoms with van der Waals surface area (Å²) in [5.41, 5.74) is 1.16. The van der Waals surface area contributed by atoms with Crippen molar-refractivity contribution in [2.75, 3.05) is 25.1 Å². The van der Waals surface area contributed by atoms with Crippen LogP contribution in [0.2, 0.25) is 0 Å². The van der Waals surface area contributed by atoms with Gasteiger partial charge in [-0.05, 0) is 83.7 Å². The third-order valence-electron chi connectivity index (χ3n) is 4.96. The molecule has 0 saturated carbocycles. The van der Waals surface area contributed by atoms with E-state index in [9.17, 15) is 4.79 Å². The van der Waals surface area contributed by atoms with Gasteiger partial charge in [-0.2, -0.15) is 0 Å². The zero-order valence-electron chi connectivity index (χ0n) is 18.4. The third kappa shape index (κ3) is 7.46. The van der Waals surface area contributed by atoms with Crippen molar-refractivity contribution in [2.24, 2.45) is 5.92 Å². The fourth-order valence-corrected chi connectivity index (χ4v) is 3.84. The van der Waals surface area contributed by atoms with Crippen LogP contribution in [0, 0.1) is 5.92 Å². The van der Waals surface area contributed by atoms with Crippen molar-refractivity contribution in [2.45, 2.75) is 39.2 Å². The maximum atomic E-state index is 12.6. The molecule has 1 saturated heterocycles. The van der Waals surface area contributed by atoms with Crippen molar-refractivity contribution in [3.8, 4) is 11.5 Å². The van der Waals surface area contributed by atoms with E-state index in [1.807, 2.05) is 24.3 Å². The number of anilines is 1. The summed E-state index contributed by atoms with van der Waals surface area (Å²) in [6.45, 7) is 6.20. The Morgan fingerprint density at radius 2 is 2.03 bits per heavy atom. The molecule has 2 aromatic rings. The molecule has 172 valence electrons. The Hall–Kier alpha value is -2.16. The molecular formula is C24H29BrN2O4S. The second kappa shape index (κ2) is 12.2. The van der Waals surface area contributed by atoms with Crippen molar-refractivity contribution in [3.63, 3.8) is 0 Å². The van der Waals surface area contributed by atoms with Gasteiger partial charge in [-0.3, -0.25) is 10.1 Å². The number of carbonyl (C=O) groups is 1. The SMILES string of the molecule is CC(C)CCOc1ccc(C(=O)NC(=S)Nc2ccccc2OCC2CCCO2)cc1Br. The Balaban J connectivity index is 1.54. The molecule has 32 heavy (non-hydrogen) atoms. The van der Waals surface area contributed by atoms with Gasteiger partial charge in [0, 0.05) is 12.2 Å². The van der Waals surface area contributed by atoms with Crippen LogP contribution in [0.5, 0.6) is 11.5 Å². The lowest BCUT2D eigenvalue weighted by Crippen LogP contribution is -2.34. The van der Waals surface area contributed by atoms with Crippen molar-refractivity contribution < 1.29 is 19.0 Å². The van der Waals surface area contributed by atoms with Gasteiger partial charge in [0.2, 0.25) is 0 Å². The molecule has 1 aliphatic heterocycles. The van der Waals surface area contributed by atoms with E-state index >= 15 is 0 Å². The summed E-state index contributed by atoms with van der Waals surface area (Å²) in [7, 11) is 0. The molecule has 2 N–H and O–H groups in total. The fraction of sp³-hybridized carbons (Fsp3) is 0.417. The molecule has 3 rings (SSSR count). The van der Waals surface area contributed by atoms with Crippen molar-refractivity contribution in [1.82, 2.24) is 5.32 Å². The van der Waals surface area contributed by atoms with E-state index in [0.29, 0.717) is 41.9 Å². The number of thiocarbonyl (C=S) groups is 1. The summed E-state index contributed by atoms with van der Waals surface area (Å²) < 4.78 is 18.0. The number of amides is 1. The van der Waals surface area contributed by atoms with E-state index in [1.54, 1.807) is 18.2 Å². The molecule has 0 aromatic heterocycles. The first-order chi connectivity index (χ1) is 15.4. The number of ether oxygens (including phenoxy) is 3. The van der Waals surface area contributed by atoms with Gasteiger partial charge in [-0.1, -0.05) is 26.0 Å². The van der Waals surface area contributed by atoms with Crippen LogP contribution in [-0.2, 0) is 4.74 Å². The zero-order valence-corrected chi connectivity index (χ0v) is 20.8. The van der Waals surface area contributed by atoms with Gasteiger partial charge in [0.1, 0.15) is 18.1 Å². The van der Waals surface area contributed by atoms with E-state index < -0.39 is 0 Å². The highest BCUT2D eigenvalue weighted by Crippen LogP contribution is 2.27. The molecule has 0 radical (unpaired) electrons. The van der Waals surface area contributed by atoms with E-state index in [0.717, 1.165) is 30.3 Å². The Morgan fingerprint density at radius 1 is 1.22 bits per heavy atom. The maximum absolute atomic E-state index is 12.6. The number of nitrogens with one attached hydrogen (secondary N) is 2. The number of carbonyl (C=O) groups excluding carboxylic acids is 1. The second-order valence-electron chi connectivity index (χ2n) is 8.03. The third-order valence-corrected chi connectivity index (χ3v) is 5.78. The number of hydrogen-bond donors (Lipinski definition) is 2. The average molecular weight is 521 g/mol. The van der Waals surface area contributed by atoms with Crippen molar-refractivity contribution in [1.29, 1.82) is 0 Å². The minimum absolute atomic E-state index is 0.116. The highest BCUT2D eigenvalue weighted by Gasteiger charge is 2.17. The van der Waals surface area contributed by atoms with Gasteiger partial charge in [0.05, 0.1) is 22.9 Å². The zero-order chi connectivity index (χ0) is 22.9. The number of hydrogen-bond acceptors (Lipinski definition) is 5. The van der Waals surface area contributed by atoms with Gasteiger partial charge in [-0.15, -0.1) is 0 Å². The van der Waals surface area contributed by atoms with Gasteiger partial charge < -0.3 is 19.5 Å². The molecule has 0 bridgehead atoms. The summed E-state index contributed by atoms with van der Waals surface area (Å²) in [6.07, 6.45) is 3.14. The summed E-state index contributed by atoms with van der Waals surface area (Å²) >= 11 is 8.82. The lowest BCUT2D eigenvalue weighted by molar-refractivity contribution is 0.0682. The Kier molecular flexibility index (Phi) is 9.32.